The highest BCUT2D eigenvalue weighted by Gasteiger charge is 2.19. The van der Waals surface area contributed by atoms with Crippen molar-refractivity contribution in [1.82, 2.24) is 5.32 Å². The van der Waals surface area contributed by atoms with E-state index in [4.69, 9.17) is 5.73 Å². The van der Waals surface area contributed by atoms with Crippen molar-refractivity contribution in [3.63, 3.8) is 0 Å². The molecule has 1 aromatic rings. The Morgan fingerprint density at radius 2 is 1.60 bits per heavy atom. The third kappa shape index (κ3) is 5.12. The van der Waals surface area contributed by atoms with E-state index >= 15 is 0 Å². The molecule has 0 heterocycles. The van der Waals surface area contributed by atoms with Gasteiger partial charge in [-0.25, -0.2) is 0 Å². The summed E-state index contributed by atoms with van der Waals surface area (Å²) in [6.07, 6.45) is 2.10. The molecule has 1 unspecified atom stereocenters. The molecule has 1 atom stereocenters. The van der Waals surface area contributed by atoms with Crippen LogP contribution in [0.5, 0.6) is 0 Å². The van der Waals surface area contributed by atoms with Crippen molar-refractivity contribution in [1.29, 1.82) is 0 Å². The molecule has 0 bridgehead atoms. The quantitative estimate of drug-likeness (QED) is 0.714. The van der Waals surface area contributed by atoms with Gasteiger partial charge in [-0.15, -0.1) is 11.8 Å². The minimum atomic E-state index is 0.255. The second-order valence-electron chi connectivity index (χ2n) is 6.12. The standard InChI is InChI=1S/C17H30N2S/c1-12(2)16(13(3)4)11-19-17(10-18)14-6-8-15(20-5)9-7-14/h6-9,12-13,16-17,19H,10-11,18H2,1-5H3. The van der Waals surface area contributed by atoms with Crippen molar-refractivity contribution in [2.75, 3.05) is 19.3 Å². The van der Waals surface area contributed by atoms with Crippen LogP contribution >= 0.6 is 11.8 Å². The van der Waals surface area contributed by atoms with Gasteiger partial charge in [-0.2, -0.15) is 0 Å². The molecule has 20 heavy (non-hydrogen) atoms. The first-order valence-corrected chi connectivity index (χ1v) is 8.79. The minimum Gasteiger partial charge on any atom is -0.329 e. The van der Waals surface area contributed by atoms with E-state index in [0.717, 1.165) is 6.54 Å². The van der Waals surface area contributed by atoms with E-state index in [1.165, 1.54) is 10.5 Å². The topological polar surface area (TPSA) is 38.0 Å². The smallest absolute Gasteiger partial charge is 0.0444 e. The van der Waals surface area contributed by atoms with E-state index in [1.807, 2.05) is 0 Å². The fourth-order valence-corrected chi connectivity index (χ4v) is 3.10. The fourth-order valence-electron chi connectivity index (χ4n) is 2.69. The molecule has 1 rings (SSSR count). The maximum Gasteiger partial charge on any atom is 0.0444 e. The van der Waals surface area contributed by atoms with Crippen molar-refractivity contribution in [3.05, 3.63) is 29.8 Å². The summed E-state index contributed by atoms with van der Waals surface area (Å²) in [5.74, 6) is 2.08. The highest BCUT2D eigenvalue weighted by atomic mass is 32.2. The first kappa shape index (κ1) is 17.5. The Morgan fingerprint density at radius 3 is 2.00 bits per heavy atom. The number of thioether (sulfide) groups is 1. The van der Waals surface area contributed by atoms with Gasteiger partial charge < -0.3 is 11.1 Å². The summed E-state index contributed by atoms with van der Waals surface area (Å²) in [5, 5.41) is 3.65. The van der Waals surface area contributed by atoms with Gasteiger partial charge in [-0.05, 0) is 48.3 Å². The lowest BCUT2D eigenvalue weighted by atomic mass is 9.85. The van der Waals surface area contributed by atoms with Crippen molar-refractivity contribution < 1.29 is 0 Å². The van der Waals surface area contributed by atoms with E-state index in [-0.39, 0.29) is 6.04 Å². The highest BCUT2D eigenvalue weighted by molar-refractivity contribution is 7.98. The molecule has 3 heteroatoms. The van der Waals surface area contributed by atoms with E-state index in [2.05, 4.69) is 63.5 Å². The number of benzene rings is 1. The predicted molar refractivity (Wildman–Crippen MR) is 91.2 cm³/mol. The van der Waals surface area contributed by atoms with Gasteiger partial charge in [0.15, 0.2) is 0 Å². The van der Waals surface area contributed by atoms with Crippen LogP contribution in [0.15, 0.2) is 29.2 Å². The summed E-state index contributed by atoms with van der Waals surface area (Å²) in [4.78, 5) is 1.30. The summed E-state index contributed by atoms with van der Waals surface area (Å²) < 4.78 is 0. The predicted octanol–water partition coefficient (Wildman–Crippen LogP) is 3.93. The van der Waals surface area contributed by atoms with Gasteiger partial charge in [0, 0.05) is 17.5 Å². The molecule has 0 saturated heterocycles. The SMILES string of the molecule is CSc1ccc(C(CN)NCC(C(C)C)C(C)C)cc1. The van der Waals surface area contributed by atoms with Crippen molar-refractivity contribution in [2.24, 2.45) is 23.5 Å². The van der Waals surface area contributed by atoms with Crippen molar-refractivity contribution in [2.45, 2.75) is 38.6 Å². The number of hydrogen-bond acceptors (Lipinski definition) is 3. The lowest BCUT2D eigenvalue weighted by Gasteiger charge is -2.28. The van der Waals surface area contributed by atoms with Gasteiger partial charge in [0.05, 0.1) is 0 Å². The molecule has 1 aromatic carbocycles. The lowest BCUT2D eigenvalue weighted by molar-refractivity contribution is 0.266. The highest BCUT2D eigenvalue weighted by Crippen LogP contribution is 2.22. The van der Waals surface area contributed by atoms with Crippen LogP contribution in [0.25, 0.3) is 0 Å². The second kappa shape index (κ2) is 8.71. The minimum absolute atomic E-state index is 0.255. The summed E-state index contributed by atoms with van der Waals surface area (Å²) in [6, 6.07) is 8.98. The Hall–Kier alpha value is -0.510. The summed E-state index contributed by atoms with van der Waals surface area (Å²) in [7, 11) is 0. The Bertz CT molecular complexity index is 365. The molecule has 0 aliphatic rings. The molecule has 0 spiro atoms. The Morgan fingerprint density at radius 1 is 1.05 bits per heavy atom. The van der Waals surface area contributed by atoms with Crippen LogP contribution in [-0.4, -0.2) is 19.3 Å². The van der Waals surface area contributed by atoms with Crippen LogP contribution in [-0.2, 0) is 0 Å². The Kier molecular flexibility index (Phi) is 7.63. The van der Waals surface area contributed by atoms with Crippen LogP contribution in [0.3, 0.4) is 0 Å². The number of rotatable bonds is 8. The largest absolute Gasteiger partial charge is 0.329 e. The molecular weight excluding hydrogens is 264 g/mol. The van der Waals surface area contributed by atoms with Gasteiger partial charge >= 0.3 is 0 Å². The molecular formula is C17H30N2S. The van der Waals surface area contributed by atoms with Crippen LogP contribution in [0, 0.1) is 17.8 Å². The zero-order valence-electron chi connectivity index (χ0n) is 13.5. The average molecular weight is 295 g/mol. The first-order valence-electron chi connectivity index (χ1n) is 7.57. The summed E-state index contributed by atoms with van der Waals surface area (Å²) in [6.45, 7) is 10.9. The molecule has 0 aliphatic heterocycles. The third-order valence-electron chi connectivity index (χ3n) is 4.07. The monoisotopic (exact) mass is 294 g/mol. The molecule has 0 saturated carbocycles. The van der Waals surface area contributed by atoms with Gasteiger partial charge in [0.1, 0.15) is 0 Å². The summed E-state index contributed by atoms with van der Waals surface area (Å²) >= 11 is 1.77. The van der Waals surface area contributed by atoms with Crippen LogP contribution < -0.4 is 11.1 Å². The number of hydrogen-bond donors (Lipinski definition) is 2. The molecule has 0 radical (unpaired) electrons. The molecule has 114 valence electrons. The molecule has 0 amide bonds. The number of nitrogens with two attached hydrogens (primary N) is 1. The zero-order valence-corrected chi connectivity index (χ0v) is 14.3. The molecule has 0 aliphatic carbocycles. The van der Waals surface area contributed by atoms with Crippen LogP contribution in [0.1, 0.15) is 39.3 Å². The van der Waals surface area contributed by atoms with E-state index < -0.39 is 0 Å². The zero-order chi connectivity index (χ0) is 15.1. The summed E-state index contributed by atoms with van der Waals surface area (Å²) in [5.41, 5.74) is 7.23. The molecule has 0 aromatic heterocycles. The van der Waals surface area contributed by atoms with Crippen molar-refractivity contribution >= 4 is 11.8 Å². The normalized spacial score (nSPS) is 13.4. The van der Waals surface area contributed by atoms with Gasteiger partial charge in [0.25, 0.3) is 0 Å². The Labute approximate surface area is 128 Å². The second-order valence-corrected chi connectivity index (χ2v) is 7.00. The van der Waals surface area contributed by atoms with Crippen LogP contribution in [0.4, 0.5) is 0 Å². The average Bonchev–Trinajstić information content (AvgIpc) is 2.43. The third-order valence-corrected chi connectivity index (χ3v) is 4.81. The first-order chi connectivity index (χ1) is 9.49. The molecule has 2 nitrogen and oxygen atoms in total. The maximum absolute atomic E-state index is 5.95. The van der Waals surface area contributed by atoms with E-state index in [9.17, 15) is 0 Å². The maximum atomic E-state index is 5.95. The number of nitrogens with one attached hydrogen (secondary N) is 1. The lowest BCUT2D eigenvalue weighted by Crippen LogP contribution is -2.35. The van der Waals surface area contributed by atoms with Gasteiger partial charge in [-0.3, -0.25) is 0 Å². The Balaban J connectivity index is 2.66. The van der Waals surface area contributed by atoms with Crippen LogP contribution in [0.2, 0.25) is 0 Å². The van der Waals surface area contributed by atoms with Gasteiger partial charge in [-0.1, -0.05) is 39.8 Å². The molecule has 0 fully saturated rings. The van der Waals surface area contributed by atoms with Gasteiger partial charge in [0.2, 0.25) is 0 Å². The van der Waals surface area contributed by atoms with E-state index in [1.54, 1.807) is 11.8 Å². The fraction of sp³-hybridized carbons (Fsp3) is 0.647. The molecule has 3 N–H and O–H groups in total. The van der Waals surface area contributed by atoms with E-state index in [0.29, 0.717) is 24.3 Å². The van der Waals surface area contributed by atoms with Crippen molar-refractivity contribution in [3.8, 4) is 0 Å².